The van der Waals surface area contributed by atoms with E-state index < -0.39 is 51.5 Å². The molecule has 0 amide bonds. The van der Waals surface area contributed by atoms with Crippen LogP contribution in [-0.4, -0.2) is 56.5 Å². The van der Waals surface area contributed by atoms with Crippen molar-refractivity contribution in [3.05, 3.63) is 206 Å². The Hall–Kier alpha value is -9.67. The summed E-state index contributed by atoms with van der Waals surface area (Å²) in [5.41, 5.74) is 11.0. The maximum absolute atomic E-state index is 10.8. The summed E-state index contributed by atoms with van der Waals surface area (Å²) >= 11 is 0. The maximum Gasteiger partial charge on any atom is 0.204 e. The van der Waals surface area contributed by atoms with Gasteiger partial charge in [-0.1, -0.05) is 133 Å². The summed E-state index contributed by atoms with van der Waals surface area (Å²) in [6, 6.07) is 66.9. The molecular weight excluding hydrogens is 898 g/mol. The first-order chi connectivity index (χ1) is 34.9. The molecule has 10 rings (SSSR count). The van der Waals surface area contributed by atoms with Crippen molar-refractivity contribution in [1.29, 1.82) is 0 Å². The first-order valence-corrected chi connectivity index (χ1v) is 22.7. The molecule has 0 aliphatic rings. The van der Waals surface area contributed by atoms with Crippen molar-refractivity contribution >= 4 is 60.7 Å². The van der Waals surface area contributed by atoms with Crippen molar-refractivity contribution in [2.24, 2.45) is 0 Å². The molecule has 10 aromatic carbocycles. The van der Waals surface area contributed by atoms with Gasteiger partial charge in [0.15, 0.2) is 23.0 Å². The molecule has 0 heterocycles. The fraction of sp³-hybridized carbons (Fsp3) is 0. The molecule has 72 heavy (non-hydrogen) atoms. The lowest BCUT2D eigenvalue weighted by atomic mass is 9.84. The van der Waals surface area contributed by atoms with Gasteiger partial charge in [0, 0.05) is 39.7 Å². The van der Waals surface area contributed by atoms with Crippen molar-refractivity contribution < 1.29 is 40.9 Å². The van der Waals surface area contributed by atoms with Crippen LogP contribution in [0.25, 0.3) is 55.6 Å². The Morgan fingerprint density at radius 3 is 0.778 bits per heavy atom. The highest BCUT2D eigenvalue weighted by atomic mass is 16.3. The van der Waals surface area contributed by atoms with Gasteiger partial charge in [0.25, 0.3) is 0 Å². The van der Waals surface area contributed by atoms with E-state index in [0.29, 0.717) is 11.1 Å². The van der Waals surface area contributed by atoms with Gasteiger partial charge in [-0.15, -0.1) is 0 Å². The summed E-state index contributed by atoms with van der Waals surface area (Å²) in [5.74, 6) is -6.07. The minimum Gasteiger partial charge on any atom is -0.508 e. The van der Waals surface area contributed by atoms with Gasteiger partial charge in [-0.3, -0.25) is 0 Å². The third-order valence-electron chi connectivity index (χ3n) is 12.7. The second-order valence-corrected chi connectivity index (χ2v) is 17.1. The standard InChI is InChI=1S/C60H42B2N2O8/c61-51-49(54(66)59(71)60(72)56(51)68)41-19-31-47(32-20-41)63(43-23-11-37(12-24-43)35-7-3-1-4-8-35)45-27-15-39(16-28-45)40-17-29-46(30-18-40)64(44-25-13-38(14-26-44)36-9-5-2-6-10-36)48-33-21-42(22-34-48)50-53(65)52(62)57(69)58(70)55(50)67/h1-34,65-72H. The first kappa shape index (κ1) is 46.1. The summed E-state index contributed by atoms with van der Waals surface area (Å²) in [6.45, 7) is 0. The molecule has 0 atom stereocenters. The van der Waals surface area contributed by atoms with Crippen LogP contribution in [0.1, 0.15) is 0 Å². The van der Waals surface area contributed by atoms with Gasteiger partial charge >= 0.3 is 0 Å². The third-order valence-corrected chi connectivity index (χ3v) is 12.7. The van der Waals surface area contributed by atoms with Crippen LogP contribution in [0.15, 0.2) is 206 Å². The number of phenolic OH excluding ortho intramolecular Hbond substituents is 8. The van der Waals surface area contributed by atoms with E-state index in [0.717, 1.165) is 67.5 Å². The average molecular weight is 941 g/mol. The molecule has 0 saturated heterocycles. The van der Waals surface area contributed by atoms with E-state index in [-0.39, 0.29) is 16.6 Å². The van der Waals surface area contributed by atoms with Crippen molar-refractivity contribution in [1.82, 2.24) is 0 Å². The lowest BCUT2D eigenvalue weighted by Crippen LogP contribution is -2.11. The van der Waals surface area contributed by atoms with Crippen molar-refractivity contribution in [2.75, 3.05) is 9.80 Å². The van der Waals surface area contributed by atoms with E-state index in [4.69, 9.17) is 15.7 Å². The number of anilines is 6. The average Bonchev–Trinajstić information content (AvgIpc) is 3.43. The molecule has 8 N–H and O–H groups in total. The Bertz CT molecular complexity index is 3280. The number of aromatic hydroxyl groups is 8. The van der Waals surface area contributed by atoms with Crippen LogP contribution in [0, 0.1) is 0 Å². The second kappa shape index (κ2) is 19.0. The van der Waals surface area contributed by atoms with Gasteiger partial charge in [0.05, 0.1) is 5.56 Å². The highest BCUT2D eigenvalue weighted by Crippen LogP contribution is 2.49. The van der Waals surface area contributed by atoms with Crippen LogP contribution in [0.2, 0.25) is 0 Å². The number of hydrogen-bond donors (Lipinski definition) is 8. The molecule has 10 aromatic rings. The van der Waals surface area contributed by atoms with Crippen molar-refractivity contribution in [2.45, 2.75) is 0 Å². The predicted molar refractivity (Wildman–Crippen MR) is 287 cm³/mol. The monoisotopic (exact) mass is 940 g/mol. The molecule has 10 nitrogen and oxygen atoms in total. The summed E-state index contributed by atoms with van der Waals surface area (Å²) in [7, 11) is 12.0. The summed E-state index contributed by atoms with van der Waals surface area (Å²) in [4.78, 5) is 4.15. The molecule has 0 bridgehead atoms. The largest absolute Gasteiger partial charge is 0.508 e. The zero-order valence-corrected chi connectivity index (χ0v) is 38.3. The number of rotatable bonds is 11. The predicted octanol–water partition coefficient (Wildman–Crippen LogP) is 12.2. The van der Waals surface area contributed by atoms with Crippen molar-refractivity contribution in [3.63, 3.8) is 0 Å². The lowest BCUT2D eigenvalue weighted by Gasteiger charge is -2.27. The Balaban J connectivity index is 0.986. The van der Waals surface area contributed by atoms with Gasteiger partial charge in [-0.2, -0.15) is 0 Å². The summed E-state index contributed by atoms with van der Waals surface area (Å²) in [5, 5.41) is 83.4. The quantitative estimate of drug-likeness (QED) is 0.0355. The van der Waals surface area contributed by atoms with Crippen LogP contribution in [-0.2, 0) is 0 Å². The van der Waals surface area contributed by atoms with Crippen LogP contribution in [0.4, 0.5) is 34.1 Å². The Morgan fingerprint density at radius 1 is 0.208 bits per heavy atom. The minimum absolute atomic E-state index is 0.0220. The second-order valence-electron chi connectivity index (χ2n) is 17.1. The number of phenols is 8. The molecule has 0 fully saturated rings. The number of hydrogen-bond acceptors (Lipinski definition) is 10. The fourth-order valence-corrected chi connectivity index (χ4v) is 8.92. The normalized spacial score (nSPS) is 11.1. The summed E-state index contributed by atoms with van der Waals surface area (Å²) in [6.07, 6.45) is 0. The lowest BCUT2D eigenvalue weighted by molar-refractivity contribution is 0.348. The van der Waals surface area contributed by atoms with E-state index >= 15 is 0 Å². The summed E-state index contributed by atoms with van der Waals surface area (Å²) < 4.78 is 0. The molecule has 0 spiro atoms. The Labute approximate surface area is 417 Å². The maximum atomic E-state index is 10.8. The van der Waals surface area contributed by atoms with Crippen LogP contribution in [0.3, 0.4) is 0 Å². The Morgan fingerprint density at radius 2 is 0.444 bits per heavy atom. The SMILES string of the molecule is [B]c1c(O)c(O)c(O)c(-c2ccc(N(c3ccc(-c4ccccc4)cc3)c3ccc(-c4ccc(N(c5ccc(-c6ccccc6)cc5)c5ccc(-c6c([B])c(O)c(O)c(O)c6O)cc5)cc4)cc3)cc2)c1O. The topological polar surface area (TPSA) is 168 Å². The molecule has 0 saturated carbocycles. The fourth-order valence-electron chi connectivity index (χ4n) is 8.92. The third kappa shape index (κ3) is 8.47. The zero-order chi connectivity index (χ0) is 50.2. The molecule has 0 aromatic heterocycles. The molecule has 0 unspecified atom stereocenters. The van der Waals surface area contributed by atoms with E-state index in [2.05, 4.69) is 58.3 Å². The highest BCUT2D eigenvalue weighted by Gasteiger charge is 2.24. The Kier molecular flexibility index (Phi) is 12.2. The van der Waals surface area contributed by atoms with E-state index in [9.17, 15) is 40.9 Å². The zero-order valence-electron chi connectivity index (χ0n) is 38.3. The van der Waals surface area contributed by atoms with Crippen LogP contribution >= 0.6 is 0 Å². The van der Waals surface area contributed by atoms with Gasteiger partial charge in [-0.25, -0.2) is 0 Å². The van der Waals surface area contributed by atoms with Crippen molar-refractivity contribution in [3.8, 4) is 102 Å². The number of nitrogens with zero attached hydrogens (tertiary/aromatic N) is 2. The first-order valence-electron chi connectivity index (χ1n) is 22.7. The van der Waals surface area contributed by atoms with Gasteiger partial charge < -0.3 is 50.7 Å². The highest BCUT2D eigenvalue weighted by molar-refractivity contribution is 6.39. The molecule has 4 radical (unpaired) electrons. The molecule has 0 aliphatic heterocycles. The molecule has 346 valence electrons. The molecule has 12 heteroatoms. The van der Waals surface area contributed by atoms with Crippen LogP contribution in [0.5, 0.6) is 46.0 Å². The van der Waals surface area contributed by atoms with Gasteiger partial charge in [0.2, 0.25) is 17.2 Å². The number of benzene rings is 10. The smallest absolute Gasteiger partial charge is 0.204 e. The minimum atomic E-state index is -0.905. The molecular formula is C60H42B2N2O8. The van der Waals surface area contributed by atoms with Gasteiger partial charge in [-0.05, 0) is 128 Å². The van der Waals surface area contributed by atoms with Crippen LogP contribution < -0.4 is 20.7 Å². The van der Waals surface area contributed by atoms with E-state index in [1.54, 1.807) is 24.3 Å². The van der Waals surface area contributed by atoms with E-state index in [1.165, 1.54) is 0 Å². The van der Waals surface area contributed by atoms with E-state index in [1.807, 2.05) is 133 Å². The van der Waals surface area contributed by atoms with Gasteiger partial charge in [0.1, 0.15) is 21.4 Å². The molecule has 0 aliphatic carbocycles.